The smallest absolute Gasteiger partial charge is 0.0456 e. The van der Waals surface area contributed by atoms with Crippen LogP contribution in [0.3, 0.4) is 0 Å². The fraction of sp³-hybridized carbons (Fsp3) is 0.200. The maximum absolute atomic E-state index is 5.92. The maximum atomic E-state index is 5.92. The Morgan fingerprint density at radius 3 is 2.83 bits per heavy atom. The Balaban J connectivity index is 1.91. The number of fused-ring (bicyclic) bond motifs is 1. The number of aromatic nitrogens is 1. The lowest BCUT2D eigenvalue weighted by Crippen LogP contribution is -2.13. The lowest BCUT2D eigenvalue weighted by Gasteiger charge is -2.12. The van der Waals surface area contributed by atoms with Crippen LogP contribution >= 0.6 is 11.3 Å². The van der Waals surface area contributed by atoms with Crippen molar-refractivity contribution in [3.8, 4) is 0 Å². The Morgan fingerprint density at radius 1 is 1.17 bits per heavy atom. The number of nitrogens with two attached hydrogens (primary N) is 1. The Bertz CT molecular complexity index is 625. The molecule has 0 saturated heterocycles. The van der Waals surface area contributed by atoms with Gasteiger partial charge in [-0.05, 0) is 29.5 Å². The highest BCUT2D eigenvalue weighted by Gasteiger charge is 2.13. The molecular formula is C15H16N2S. The van der Waals surface area contributed by atoms with E-state index in [1.165, 1.54) is 21.3 Å². The van der Waals surface area contributed by atoms with Crippen LogP contribution in [0.25, 0.3) is 10.9 Å². The fourth-order valence-corrected chi connectivity index (χ4v) is 3.23. The molecule has 18 heavy (non-hydrogen) atoms. The van der Waals surface area contributed by atoms with Gasteiger partial charge in [0.05, 0.1) is 0 Å². The lowest BCUT2D eigenvalue weighted by molar-refractivity contribution is 0.710. The van der Waals surface area contributed by atoms with Crippen LogP contribution in [0.1, 0.15) is 16.4 Å². The molecule has 0 spiro atoms. The molecule has 1 aromatic carbocycles. The van der Waals surface area contributed by atoms with Gasteiger partial charge in [0.1, 0.15) is 0 Å². The highest BCUT2D eigenvalue weighted by molar-refractivity contribution is 7.10. The van der Waals surface area contributed by atoms with Crippen LogP contribution in [0, 0.1) is 0 Å². The monoisotopic (exact) mass is 256 g/mol. The average molecular weight is 256 g/mol. The number of hydrogen-bond acceptors (Lipinski definition) is 2. The highest BCUT2D eigenvalue weighted by atomic mass is 32.1. The zero-order valence-corrected chi connectivity index (χ0v) is 10.9. The summed E-state index contributed by atoms with van der Waals surface area (Å²) in [5, 5.41) is 3.43. The number of H-pyrrole nitrogens is 1. The third-order valence-corrected chi connectivity index (χ3v) is 4.41. The molecule has 1 unspecified atom stereocenters. The van der Waals surface area contributed by atoms with E-state index in [9.17, 15) is 0 Å². The summed E-state index contributed by atoms with van der Waals surface area (Å²) >= 11 is 1.79. The third kappa shape index (κ3) is 2.07. The summed E-state index contributed by atoms with van der Waals surface area (Å²) in [5.41, 5.74) is 8.48. The van der Waals surface area contributed by atoms with Crippen LogP contribution in [0.5, 0.6) is 0 Å². The molecule has 3 aromatic rings. The quantitative estimate of drug-likeness (QED) is 0.737. The molecule has 0 aliphatic heterocycles. The topological polar surface area (TPSA) is 41.8 Å². The average Bonchev–Trinajstić information content (AvgIpc) is 3.06. The molecule has 3 rings (SSSR count). The second-order valence-electron chi connectivity index (χ2n) is 4.51. The van der Waals surface area contributed by atoms with Crippen LogP contribution in [0.15, 0.2) is 48.0 Å². The third-order valence-electron chi connectivity index (χ3n) is 3.37. The van der Waals surface area contributed by atoms with Gasteiger partial charge in [0.25, 0.3) is 0 Å². The molecule has 2 aromatic heterocycles. The van der Waals surface area contributed by atoms with Crippen molar-refractivity contribution in [2.24, 2.45) is 5.73 Å². The Hall–Kier alpha value is -1.58. The highest BCUT2D eigenvalue weighted by Crippen LogP contribution is 2.27. The molecular weight excluding hydrogens is 240 g/mol. The number of benzene rings is 1. The molecule has 0 bridgehead atoms. The van der Waals surface area contributed by atoms with Gasteiger partial charge in [0, 0.05) is 34.4 Å². The van der Waals surface area contributed by atoms with Gasteiger partial charge in [0.2, 0.25) is 0 Å². The van der Waals surface area contributed by atoms with Gasteiger partial charge < -0.3 is 10.7 Å². The molecule has 2 nitrogen and oxygen atoms in total. The SMILES string of the molecule is NCC(Cc1c[nH]c2ccccc12)c1cccs1. The van der Waals surface area contributed by atoms with Gasteiger partial charge in [-0.3, -0.25) is 0 Å². The zero-order chi connectivity index (χ0) is 12.4. The summed E-state index contributed by atoms with van der Waals surface area (Å²) in [6.07, 6.45) is 3.11. The number of aromatic amines is 1. The summed E-state index contributed by atoms with van der Waals surface area (Å²) in [4.78, 5) is 4.70. The summed E-state index contributed by atoms with van der Waals surface area (Å²) in [6, 6.07) is 12.7. The van der Waals surface area contributed by atoms with E-state index in [1.54, 1.807) is 11.3 Å². The number of hydrogen-bond donors (Lipinski definition) is 2. The first-order chi connectivity index (χ1) is 8.88. The predicted molar refractivity (Wildman–Crippen MR) is 78.1 cm³/mol. The minimum absolute atomic E-state index is 0.421. The molecule has 0 radical (unpaired) electrons. The van der Waals surface area contributed by atoms with E-state index < -0.39 is 0 Å². The van der Waals surface area contributed by atoms with Crippen molar-refractivity contribution >= 4 is 22.2 Å². The Kier molecular flexibility index (Phi) is 3.17. The van der Waals surface area contributed by atoms with Crippen molar-refractivity contribution in [1.29, 1.82) is 0 Å². The molecule has 3 heteroatoms. The molecule has 2 heterocycles. The van der Waals surface area contributed by atoms with Crippen molar-refractivity contribution in [3.63, 3.8) is 0 Å². The molecule has 1 atom stereocenters. The van der Waals surface area contributed by atoms with Crippen molar-refractivity contribution in [2.75, 3.05) is 6.54 Å². The predicted octanol–water partition coefficient (Wildman–Crippen LogP) is 3.51. The second kappa shape index (κ2) is 4.96. The van der Waals surface area contributed by atoms with Crippen molar-refractivity contribution in [3.05, 3.63) is 58.4 Å². The first-order valence-electron chi connectivity index (χ1n) is 6.17. The molecule has 0 fully saturated rings. The van der Waals surface area contributed by atoms with Crippen LogP contribution in [-0.4, -0.2) is 11.5 Å². The van der Waals surface area contributed by atoms with Gasteiger partial charge in [-0.1, -0.05) is 24.3 Å². The van der Waals surface area contributed by atoms with Crippen LogP contribution in [0.2, 0.25) is 0 Å². The first kappa shape index (κ1) is 11.5. The summed E-state index contributed by atoms with van der Waals surface area (Å²) < 4.78 is 0. The summed E-state index contributed by atoms with van der Waals surface area (Å²) in [6.45, 7) is 0.694. The van der Waals surface area contributed by atoms with E-state index in [2.05, 4.69) is 53.0 Å². The van der Waals surface area contributed by atoms with Crippen molar-refractivity contribution < 1.29 is 0 Å². The van der Waals surface area contributed by atoms with Gasteiger partial charge in [-0.15, -0.1) is 11.3 Å². The molecule has 0 aliphatic carbocycles. The lowest BCUT2D eigenvalue weighted by atomic mass is 9.97. The van der Waals surface area contributed by atoms with Crippen LogP contribution < -0.4 is 5.73 Å². The zero-order valence-electron chi connectivity index (χ0n) is 10.1. The Labute approximate surface area is 110 Å². The van der Waals surface area contributed by atoms with Crippen LogP contribution in [0.4, 0.5) is 0 Å². The van der Waals surface area contributed by atoms with Gasteiger partial charge in [-0.2, -0.15) is 0 Å². The van der Waals surface area contributed by atoms with E-state index in [1.807, 2.05) is 0 Å². The van der Waals surface area contributed by atoms with Crippen LogP contribution in [-0.2, 0) is 6.42 Å². The maximum Gasteiger partial charge on any atom is 0.0456 e. The molecule has 0 amide bonds. The van der Waals surface area contributed by atoms with E-state index in [0.29, 0.717) is 12.5 Å². The van der Waals surface area contributed by atoms with Crippen molar-refractivity contribution in [1.82, 2.24) is 4.98 Å². The minimum atomic E-state index is 0.421. The largest absolute Gasteiger partial charge is 0.361 e. The van der Waals surface area contributed by atoms with E-state index in [-0.39, 0.29) is 0 Å². The van der Waals surface area contributed by atoms with E-state index in [4.69, 9.17) is 5.73 Å². The van der Waals surface area contributed by atoms with E-state index >= 15 is 0 Å². The van der Waals surface area contributed by atoms with Gasteiger partial charge in [-0.25, -0.2) is 0 Å². The molecule has 3 N–H and O–H groups in total. The number of nitrogens with one attached hydrogen (secondary N) is 1. The minimum Gasteiger partial charge on any atom is -0.361 e. The van der Waals surface area contributed by atoms with E-state index in [0.717, 1.165) is 6.42 Å². The van der Waals surface area contributed by atoms with Gasteiger partial charge in [0.15, 0.2) is 0 Å². The normalized spacial score (nSPS) is 12.9. The standard InChI is InChI=1S/C15H16N2S/c16-9-11(15-6-3-7-18-15)8-12-10-17-14-5-2-1-4-13(12)14/h1-7,10-11,17H,8-9,16H2. The van der Waals surface area contributed by atoms with Crippen molar-refractivity contribution in [2.45, 2.75) is 12.3 Å². The molecule has 0 saturated carbocycles. The molecule has 92 valence electrons. The summed E-state index contributed by atoms with van der Waals surface area (Å²) in [5.74, 6) is 0.421. The fourth-order valence-electron chi connectivity index (χ4n) is 2.39. The second-order valence-corrected chi connectivity index (χ2v) is 5.49. The summed E-state index contributed by atoms with van der Waals surface area (Å²) in [7, 11) is 0. The molecule has 0 aliphatic rings. The number of thiophene rings is 1. The number of para-hydroxylation sites is 1. The van der Waals surface area contributed by atoms with Gasteiger partial charge >= 0.3 is 0 Å². The first-order valence-corrected chi connectivity index (χ1v) is 7.05. The Morgan fingerprint density at radius 2 is 2.06 bits per heavy atom. The number of rotatable bonds is 4.